The van der Waals surface area contributed by atoms with Crippen LogP contribution in [-0.4, -0.2) is 51.4 Å². The fourth-order valence-electron chi connectivity index (χ4n) is 5.04. The van der Waals surface area contributed by atoms with E-state index in [-0.39, 0.29) is 36.5 Å². The minimum absolute atomic E-state index is 0.104. The first-order valence-corrected chi connectivity index (χ1v) is 12.3. The van der Waals surface area contributed by atoms with Crippen LogP contribution in [0.5, 0.6) is 0 Å². The molecule has 200 valence electrons. The second kappa shape index (κ2) is 10.2. The van der Waals surface area contributed by atoms with Crippen molar-refractivity contribution in [3.8, 4) is 0 Å². The van der Waals surface area contributed by atoms with E-state index in [0.29, 0.717) is 11.3 Å². The van der Waals surface area contributed by atoms with Crippen LogP contribution in [-0.2, 0) is 16.0 Å². The smallest absolute Gasteiger partial charge is 0.249 e. The molecule has 1 aromatic carbocycles. The van der Waals surface area contributed by atoms with Gasteiger partial charge in [-0.15, -0.1) is 0 Å². The zero-order valence-electron chi connectivity index (χ0n) is 20.5. The van der Waals surface area contributed by atoms with E-state index in [9.17, 15) is 27.2 Å². The Morgan fingerprint density at radius 3 is 2.55 bits per heavy atom. The molecule has 0 radical (unpaired) electrons. The number of carbonyl (C=O) groups is 2. The van der Waals surface area contributed by atoms with Gasteiger partial charge >= 0.3 is 0 Å². The number of halogens is 4. The van der Waals surface area contributed by atoms with Crippen molar-refractivity contribution in [2.75, 3.05) is 6.54 Å². The maximum absolute atomic E-state index is 14.9. The van der Waals surface area contributed by atoms with Crippen LogP contribution < -0.4 is 5.32 Å². The number of oxazole rings is 1. The fraction of sp³-hybridized carbons (Fsp3) is 0.407. The molecular weight excluding hydrogens is 504 g/mol. The van der Waals surface area contributed by atoms with Crippen molar-refractivity contribution in [1.82, 2.24) is 20.2 Å². The number of hydrogen-bond donors (Lipinski definition) is 1. The number of amides is 2. The molecule has 1 N–H and O–H groups in total. The highest BCUT2D eigenvalue weighted by atomic mass is 19.3. The molecule has 3 atom stereocenters. The summed E-state index contributed by atoms with van der Waals surface area (Å²) in [4.78, 5) is 35.5. The predicted molar refractivity (Wildman–Crippen MR) is 128 cm³/mol. The predicted octanol–water partition coefficient (Wildman–Crippen LogP) is 4.42. The highest BCUT2D eigenvalue weighted by Gasteiger charge is 2.47. The SMILES string of the molecule is Cc1cnc(CC(=O)N2CC(F)CC2C(=O)NC(c2ccccc2)c2ccc(C3CC(F)(F)C3)c(F)n2)o1. The summed E-state index contributed by atoms with van der Waals surface area (Å²) in [5, 5.41) is 2.79. The molecule has 7 nitrogen and oxygen atoms in total. The van der Waals surface area contributed by atoms with Gasteiger partial charge in [-0.2, -0.15) is 4.39 Å². The number of aromatic nitrogens is 2. The third kappa shape index (κ3) is 5.41. The maximum Gasteiger partial charge on any atom is 0.249 e. The minimum atomic E-state index is -2.80. The van der Waals surface area contributed by atoms with Gasteiger partial charge in [0, 0.05) is 24.8 Å². The Bertz CT molecular complexity index is 1320. The Hall–Kier alpha value is -3.76. The number of nitrogens with one attached hydrogen (secondary N) is 1. The first-order valence-electron chi connectivity index (χ1n) is 12.3. The standard InChI is InChI=1S/C27H26F4N4O3/c1-15-13-32-22(38-15)10-23(36)35-14-18(28)9-21(35)26(37)34-24(16-5-3-2-4-6-16)20-8-7-19(25(29)33-20)17-11-27(30,31)12-17/h2-8,13,17-18,21,24H,9-12,14H2,1H3,(H,34,37). The Kier molecular flexibility index (Phi) is 6.93. The molecule has 2 fully saturated rings. The number of nitrogens with zero attached hydrogens (tertiary/aromatic N) is 3. The zero-order chi connectivity index (χ0) is 27.0. The topological polar surface area (TPSA) is 88.3 Å². The van der Waals surface area contributed by atoms with Gasteiger partial charge in [-0.25, -0.2) is 23.1 Å². The molecule has 1 aliphatic carbocycles. The lowest BCUT2D eigenvalue weighted by Crippen LogP contribution is -2.47. The molecule has 2 aliphatic rings. The molecule has 3 unspecified atom stereocenters. The number of hydrogen-bond acceptors (Lipinski definition) is 5. The molecule has 0 bridgehead atoms. The third-order valence-corrected chi connectivity index (χ3v) is 6.99. The van der Waals surface area contributed by atoms with Crippen LogP contribution in [0.4, 0.5) is 17.6 Å². The fourth-order valence-corrected chi connectivity index (χ4v) is 5.04. The van der Waals surface area contributed by atoms with Gasteiger partial charge in [-0.1, -0.05) is 36.4 Å². The van der Waals surface area contributed by atoms with E-state index in [4.69, 9.17) is 4.42 Å². The molecule has 11 heteroatoms. The number of alkyl halides is 3. The van der Waals surface area contributed by atoms with Crippen molar-refractivity contribution in [2.45, 2.75) is 62.7 Å². The molecular formula is C27H26F4N4O3. The number of benzene rings is 1. The molecule has 1 saturated heterocycles. The van der Waals surface area contributed by atoms with Gasteiger partial charge in [0.2, 0.25) is 29.6 Å². The number of rotatable bonds is 7. The van der Waals surface area contributed by atoms with Crippen LogP contribution in [0.3, 0.4) is 0 Å². The number of likely N-dealkylation sites (tertiary alicyclic amines) is 1. The first kappa shape index (κ1) is 25.9. The summed E-state index contributed by atoms with van der Waals surface area (Å²) in [6.07, 6.45) is -1.22. The van der Waals surface area contributed by atoms with Gasteiger partial charge in [-0.3, -0.25) is 9.59 Å². The van der Waals surface area contributed by atoms with Gasteiger partial charge < -0.3 is 14.6 Å². The molecule has 5 rings (SSSR count). The summed E-state index contributed by atoms with van der Waals surface area (Å²) in [6, 6.07) is 9.56. The van der Waals surface area contributed by atoms with Crippen LogP contribution in [0, 0.1) is 12.9 Å². The van der Waals surface area contributed by atoms with Gasteiger partial charge in [0.05, 0.1) is 24.5 Å². The summed E-state index contributed by atoms with van der Waals surface area (Å²) >= 11 is 0. The van der Waals surface area contributed by atoms with Crippen molar-refractivity contribution in [2.24, 2.45) is 0 Å². The largest absolute Gasteiger partial charge is 0.445 e. The van der Waals surface area contributed by atoms with Crippen LogP contribution >= 0.6 is 0 Å². The Morgan fingerprint density at radius 1 is 1.18 bits per heavy atom. The third-order valence-electron chi connectivity index (χ3n) is 6.99. The van der Waals surface area contributed by atoms with Crippen molar-refractivity contribution >= 4 is 11.8 Å². The van der Waals surface area contributed by atoms with Crippen molar-refractivity contribution in [1.29, 1.82) is 0 Å². The Balaban J connectivity index is 1.37. The molecule has 38 heavy (non-hydrogen) atoms. The normalized spacial score (nSPS) is 21.7. The number of carbonyl (C=O) groups excluding carboxylic acids is 2. The monoisotopic (exact) mass is 530 g/mol. The van der Waals surface area contributed by atoms with Crippen LogP contribution in [0.15, 0.2) is 53.1 Å². The summed E-state index contributed by atoms with van der Waals surface area (Å²) in [7, 11) is 0. The average Bonchev–Trinajstić information content (AvgIpc) is 3.46. The van der Waals surface area contributed by atoms with E-state index in [1.807, 2.05) is 0 Å². The van der Waals surface area contributed by atoms with Crippen LogP contribution in [0.25, 0.3) is 0 Å². The highest BCUT2D eigenvalue weighted by Crippen LogP contribution is 2.48. The molecule has 2 amide bonds. The van der Waals surface area contributed by atoms with Gasteiger partial charge in [-0.05, 0) is 24.5 Å². The van der Waals surface area contributed by atoms with E-state index < -0.39 is 60.7 Å². The van der Waals surface area contributed by atoms with Gasteiger partial charge in [0.1, 0.15) is 24.4 Å². The summed E-state index contributed by atoms with van der Waals surface area (Å²) in [5.41, 5.74) is 0.839. The lowest BCUT2D eigenvalue weighted by molar-refractivity contribution is -0.138. The molecule has 2 aromatic heterocycles. The summed E-state index contributed by atoms with van der Waals surface area (Å²) < 4.78 is 61.3. The molecule has 3 heterocycles. The van der Waals surface area contributed by atoms with E-state index in [2.05, 4.69) is 15.3 Å². The molecule has 0 spiro atoms. The van der Waals surface area contributed by atoms with E-state index in [1.165, 1.54) is 18.3 Å². The van der Waals surface area contributed by atoms with Gasteiger partial charge in [0.25, 0.3) is 0 Å². The van der Waals surface area contributed by atoms with E-state index >= 15 is 0 Å². The Morgan fingerprint density at radius 2 is 1.92 bits per heavy atom. The molecule has 1 aliphatic heterocycles. The second-order valence-electron chi connectivity index (χ2n) is 9.87. The second-order valence-corrected chi connectivity index (χ2v) is 9.87. The zero-order valence-corrected chi connectivity index (χ0v) is 20.5. The van der Waals surface area contributed by atoms with E-state index in [1.54, 1.807) is 37.3 Å². The lowest BCUT2D eigenvalue weighted by Gasteiger charge is -2.35. The first-order chi connectivity index (χ1) is 18.1. The molecule has 1 saturated carbocycles. The van der Waals surface area contributed by atoms with Crippen molar-refractivity contribution < 1.29 is 31.6 Å². The minimum Gasteiger partial charge on any atom is -0.445 e. The quantitative estimate of drug-likeness (QED) is 0.361. The van der Waals surface area contributed by atoms with E-state index in [0.717, 1.165) is 4.90 Å². The number of pyridine rings is 1. The highest BCUT2D eigenvalue weighted by molar-refractivity contribution is 5.89. The Labute approximate surface area is 216 Å². The van der Waals surface area contributed by atoms with Crippen LogP contribution in [0.1, 0.15) is 59.7 Å². The van der Waals surface area contributed by atoms with Gasteiger partial charge in [0.15, 0.2) is 0 Å². The molecule has 3 aromatic rings. The van der Waals surface area contributed by atoms with Crippen LogP contribution in [0.2, 0.25) is 0 Å². The lowest BCUT2D eigenvalue weighted by atomic mass is 9.77. The summed E-state index contributed by atoms with van der Waals surface area (Å²) in [5.74, 6) is -4.74. The number of aryl methyl sites for hydroxylation is 1. The maximum atomic E-state index is 14.9. The van der Waals surface area contributed by atoms with Crippen molar-refractivity contribution in [3.63, 3.8) is 0 Å². The average molecular weight is 531 g/mol. The summed E-state index contributed by atoms with van der Waals surface area (Å²) in [6.45, 7) is 1.43. The van der Waals surface area contributed by atoms with Crippen molar-refractivity contribution in [3.05, 3.63) is 83.1 Å².